The van der Waals surface area contributed by atoms with Crippen molar-refractivity contribution in [3.63, 3.8) is 0 Å². The number of hydrogen-bond acceptors (Lipinski definition) is 3. The molecular weight excluding hydrogens is 312 g/mol. The normalized spacial score (nSPS) is 14.4. The second-order valence-electron chi connectivity index (χ2n) is 4.31. The Hall–Kier alpha value is -1.43. The van der Waals surface area contributed by atoms with Crippen molar-refractivity contribution < 1.29 is 14.3 Å². The zero-order valence-electron chi connectivity index (χ0n) is 11.0. The van der Waals surface area contributed by atoms with Crippen molar-refractivity contribution >= 4 is 27.6 Å². The Morgan fingerprint density at radius 3 is 2.37 bits per heavy atom. The van der Waals surface area contributed by atoms with Gasteiger partial charge in [0.05, 0.1) is 19.9 Å². The van der Waals surface area contributed by atoms with Gasteiger partial charge in [0.1, 0.15) is 0 Å². The van der Waals surface area contributed by atoms with Gasteiger partial charge in [0.15, 0.2) is 11.5 Å². The molecule has 0 radical (unpaired) electrons. The molecule has 1 aromatic rings. The van der Waals surface area contributed by atoms with E-state index in [4.69, 9.17) is 9.47 Å². The van der Waals surface area contributed by atoms with Crippen molar-refractivity contribution in [1.82, 2.24) is 4.90 Å². The number of urea groups is 1. The Morgan fingerprint density at radius 2 is 1.79 bits per heavy atom. The van der Waals surface area contributed by atoms with Crippen LogP contribution in [0.4, 0.5) is 10.5 Å². The number of ether oxygens (including phenoxy) is 2. The first-order valence-electron chi connectivity index (χ1n) is 6.13. The zero-order valence-corrected chi connectivity index (χ0v) is 12.6. The van der Waals surface area contributed by atoms with E-state index in [2.05, 4.69) is 21.2 Å². The van der Waals surface area contributed by atoms with Crippen molar-refractivity contribution in [1.29, 1.82) is 0 Å². The lowest BCUT2D eigenvalue weighted by molar-refractivity contribution is 0.222. The lowest BCUT2D eigenvalue weighted by Crippen LogP contribution is -2.32. The van der Waals surface area contributed by atoms with Gasteiger partial charge in [-0.15, -0.1) is 0 Å². The third kappa shape index (κ3) is 3.12. The SMILES string of the molecule is COc1cc(Br)c(NC(=O)N2CCCC2)cc1OC. The molecule has 0 unspecified atom stereocenters. The molecule has 1 aromatic carbocycles. The van der Waals surface area contributed by atoms with E-state index < -0.39 is 0 Å². The van der Waals surface area contributed by atoms with Gasteiger partial charge >= 0.3 is 6.03 Å². The van der Waals surface area contributed by atoms with Crippen LogP contribution in [0.1, 0.15) is 12.8 Å². The highest BCUT2D eigenvalue weighted by atomic mass is 79.9. The highest BCUT2D eigenvalue weighted by molar-refractivity contribution is 9.10. The third-order valence-corrected chi connectivity index (χ3v) is 3.76. The quantitative estimate of drug-likeness (QED) is 0.927. The van der Waals surface area contributed by atoms with Crippen LogP contribution in [0.5, 0.6) is 11.5 Å². The molecule has 6 heteroatoms. The number of carbonyl (C=O) groups excluding carboxylic acids is 1. The van der Waals surface area contributed by atoms with Crippen LogP contribution < -0.4 is 14.8 Å². The summed E-state index contributed by atoms with van der Waals surface area (Å²) in [6, 6.07) is 3.44. The summed E-state index contributed by atoms with van der Waals surface area (Å²) in [5.41, 5.74) is 0.676. The standard InChI is InChI=1S/C13H17BrN2O3/c1-18-11-7-9(14)10(8-12(11)19-2)15-13(17)16-5-3-4-6-16/h7-8H,3-6H2,1-2H3,(H,15,17). The number of likely N-dealkylation sites (tertiary alicyclic amines) is 1. The Balaban J connectivity index is 2.17. The van der Waals surface area contributed by atoms with Gasteiger partial charge < -0.3 is 19.7 Å². The molecule has 1 fully saturated rings. The predicted molar refractivity (Wildman–Crippen MR) is 77.1 cm³/mol. The lowest BCUT2D eigenvalue weighted by Gasteiger charge is -2.18. The molecule has 104 valence electrons. The van der Waals surface area contributed by atoms with Crippen molar-refractivity contribution in [2.45, 2.75) is 12.8 Å². The van der Waals surface area contributed by atoms with Crippen molar-refractivity contribution in [3.8, 4) is 11.5 Å². The molecule has 5 nitrogen and oxygen atoms in total. The van der Waals surface area contributed by atoms with E-state index in [0.717, 1.165) is 30.4 Å². The van der Waals surface area contributed by atoms with E-state index in [0.29, 0.717) is 17.2 Å². The van der Waals surface area contributed by atoms with Crippen LogP contribution in [0, 0.1) is 0 Å². The number of hydrogen-bond donors (Lipinski definition) is 1. The average molecular weight is 329 g/mol. The van der Waals surface area contributed by atoms with Crippen molar-refractivity contribution in [2.75, 3.05) is 32.6 Å². The summed E-state index contributed by atoms with van der Waals surface area (Å²) in [7, 11) is 3.14. The summed E-state index contributed by atoms with van der Waals surface area (Å²) in [5, 5.41) is 2.88. The first-order valence-corrected chi connectivity index (χ1v) is 6.92. The van der Waals surface area contributed by atoms with E-state index in [-0.39, 0.29) is 6.03 Å². The third-order valence-electron chi connectivity index (χ3n) is 3.11. The van der Waals surface area contributed by atoms with Crippen LogP contribution in [0.3, 0.4) is 0 Å². The molecule has 0 aromatic heterocycles. The number of rotatable bonds is 3. The molecule has 0 saturated carbocycles. The highest BCUT2D eigenvalue weighted by Gasteiger charge is 2.19. The first kappa shape index (κ1) is 14.0. The number of carbonyl (C=O) groups is 1. The van der Waals surface area contributed by atoms with Gasteiger partial charge in [-0.3, -0.25) is 0 Å². The van der Waals surface area contributed by atoms with Gasteiger partial charge in [0.25, 0.3) is 0 Å². The molecule has 2 rings (SSSR count). The van der Waals surface area contributed by atoms with E-state index in [9.17, 15) is 4.79 Å². The number of nitrogens with one attached hydrogen (secondary N) is 1. The van der Waals surface area contributed by atoms with E-state index in [1.54, 1.807) is 26.4 Å². The maximum absolute atomic E-state index is 12.0. The summed E-state index contributed by atoms with van der Waals surface area (Å²) in [6.45, 7) is 1.63. The maximum Gasteiger partial charge on any atom is 0.321 e. The number of anilines is 1. The molecule has 1 heterocycles. The Labute approximate surface area is 121 Å². The monoisotopic (exact) mass is 328 g/mol. The molecule has 2 amide bonds. The minimum atomic E-state index is -0.0783. The predicted octanol–water partition coefficient (Wildman–Crippen LogP) is 3.09. The van der Waals surface area contributed by atoms with Gasteiger partial charge in [-0.2, -0.15) is 0 Å². The molecule has 1 aliphatic heterocycles. The second-order valence-corrected chi connectivity index (χ2v) is 5.17. The number of benzene rings is 1. The summed E-state index contributed by atoms with van der Waals surface area (Å²) in [6.07, 6.45) is 2.14. The molecule has 19 heavy (non-hydrogen) atoms. The van der Waals surface area contributed by atoms with E-state index >= 15 is 0 Å². The second kappa shape index (κ2) is 6.14. The Kier molecular flexibility index (Phi) is 4.52. The molecular formula is C13H17BrN2O3. The van der Waals surface area contributed by atoms with Crippen molar-refractivity contribution in [3.05, 3.63) is 16.6 Å². The highest BCUT2D eigenvalue weighted by Crippen LogP contribution is 2.36. The minimum absolute atomic E-state index is 0.0783. The molecule has 1 saturated heterocycles. The molecule has 0 bridgehead atoms. The van der Waals surface area contributed by atoms with Gasteiger partial charge in [0, 0.05) is 29.7 Å². The van der Waals surface area contributed by atoms with Gasteiger partial charge in [-0.1, -0.05) is 0 Å². The molecule has 1 N–H and O–H groups in total. The van der Waals surface area contributed by atoms with Gasteiger partial charge in [-0.05, 0) is 28.8 Å². The van der Waals surface area contributed by atoms with Crippen LogP contribution in [0.25, 0.3) is 0 Å². The zero-order chi connectivity index (χ0) is 13.8. The van der Waals surface area contributed by atoms with Crippen LogP contribution in [0.2, 0.25) is 0 Å². The summed E-state index contributed by atoms with van der Waals surface area (Å²) in [4.78, 5) is 13.9. The minimum Gasteiger partial charge on any atom is -0.493 e. The van der Waals surface area contributed by atoms with E-state index in [1.807, 2.05) is 4.90 Å². The van der Waals surface area contributed by atoms with Crippen LogP contribution in [-0.4, -0.2) is 38.2 Å². The van der Waals surface area contributed by atoms with Crippen LogP contribution in [-0.2, 0) is 0 Å². The number of amides is 2. The fourth-order valence-electron chi connectivity index (χ4n) is 2.06. The molecule has 0 spiro atoms. The summed E-state index contributed by atoms with van der Waals surface area (Å²) in [5.74, 6) is 1.20. The fourth-order valence-corrected chi connectivity index (χ4v) is 2.49. The number of halogens is 1. The van der Waals surface area contributed by atoms with Crippen molar-refractivity contribution in [2.24, 2.45) is 0 Å². The number of methoxy groups -OCH3 is 2. The molecule has 1 aliphatic rings. The molecule has 0 atom stereocenters. The number of nitrogens with zero attached hydrogens (tertiary/aromatic N) is 1. The van der Waals surface area contributed by atoms with Gasteiger partial charge in [-0.25, -0.2) is 4.79 Å². The smallest absolute Gasteiger partial charge is 0.321 e. The summed E-state index contributed by atoms with van der Waals surface area (Å²) >= 11 is 3.42. The average Bonchev–Trinajstić information content (AvgIpc) is 2.94. The van der Waals surface area contributed by atoms with Crippen LogP contribution in [0.15, 0.2) is 16.6 Å². The first-order chi connectivity index (χ1) is 9.15. The fraction of sp³-hybridized carbons (Fsp3) is 0.462. The Bertz CT molecular complexity index is 473. The lowest BCUT2D eigenvalue weighted by atomic mass is 10.2. The van der Waals surface area contributed by atoms with E-state index in [1.165, 1.54) is 0 Å². The largest absolute Gasteiger partial charge is 0.493 e. The topological polar surface area (TPSA) is 50.8 Å². The molecule has 0 aliphatic carbocycles. The van der Waals surface area contributed by atoms with Crippen LogP contribution >= 0.6 is 15.9 Å². The Morgan fingerprint density at radius 1 is 1.21 bits per heavy atom. The summed E-state index contributed by atoms with van der Waals surface area (Å²) < 4.78 is 11.2. The maximum atomic E-state index is 12.0. The van der Waals surface area contributed by atoms with Gasteiger partial charge in [0.2, 0.25) is 0 Å².